The number of methoxy groups -OCH3 is 1. The Morgan fingerprint density at radius 3 is 2.24 bits per heavy atom. The van der Waals surface area contributed by atoms with Crippen molar-refractivity contribution in [3.05, 3.63) is 0 Å². The summed E-state index contributed by atoms with van der Waals surface area (Å²) < 4.78 is 52.7. The van der Waals surface area contributed by atoms with E-state index in [1.807, 2.05) is 6.92 Å². The Bertz CT molecular complexity index is 1350. The highest BCUT2D eigenvalue weighted by Crippen LogP contribution is 2.57. The van der Waals surface area contributed by atoms with Gasteiger partial charge in [0, 0.05) is 37.7 Å². The number of carboxylic acids is 1. The van der Waals surface area contributed by atoms with Crippen LogP contribution in [0, 0.1) is 41.4 Å². The molecule has 13 heteroatoms. The number of rotatable bonds is 10. The maximum atomic E-state index is 11.8. The normalized spacial score (nSPS) is 51.7. The van der Waals surface area contributed by atoms with Gasteiger partial charge in [0.15, 0.2) is 5.79 Å². The van der Waals surface area contributed by atoms with Crippen molar-refractivity contribution >= 4 is 12.1 Å². The van der Waals surface area contributed by atoms with Crippen LogP contribution in [0.5, 0.6) is 0 Å². The number of aliphatic hydroxyl groups is 1. The summed E-state index contributed by atoms with van der Waals surface area (Å²) in [5.74, 6) is -3.53. The fraction of sp³-hybridized carbons (Fsp3) is 0.951. The molecule has 0 aromatic heterocycles. The van der Waals surface area contributed by atoms with Crippen molar-refractivity contribution in [2.75, 3.05) is 13.7 Å². The number of nitrogens with two attached hydrogens (primary N) is 1. The quantitative estimate of drug-likeness (QED) is 0.244. The van der Waals surface area contributed by atoms with E-state index in [0.717, 1.165) is 38.5 Å². The summed E-state index contributed by atoms with van der Waals surface area (Å²) in [6, 6.07) is 0. The fourth-order valence-corrected chi connectivity index (χ4v) is 11.6. The molecule has 1 spiro atoms. The maximum Gasteiger partial charge on any atom is 0.407 e. The van der Waals surface area contributed by atoms with E-state index in [4.69, 9.17) is 43.6 Å². The average molecular weight is 768 g/mol. The molecule has 0 unspecified atom stereocenters. The van der Waals surface area contributed by atoms with Crippen LogP contribution < -0.4 is 5.73 Å². The molecule has 6 heterocycles. The second kappa shape index (κ2) is 15.6. The molecule has 54 heavy (non-hydrogen) atoms. The van der Waals surface area contributed by atoms with Crippen molar-refractivity contribution in [2.45, 2.75) is 192 Å². The van der Waals surface area contributed by atoms with Crippen LogP contribution in [0.1, 0.15) is 120 Å². The van der Waals surface area contributed by atoms with Gasteiger partial charge in [0.25, 0.3) is 0 Å². The Kier molecular flexibility index (Phi) is 12.2. The van der Waals surface area contributed by atoms with E-state index in [1.54, 1.807) is 14.0 Å². The second-order valence-corrected chi connectivity index (χ2v) is 18.8. The zero-order chi connectivity index (χ0) is 39.5. The number of aliphatic carboxylic acids is 1. The third-order valence-electron chi connectivity index (χ3n) is 14.7. The molecule has 0 bridgehead atoms. The van der Waals surface area contributed by atoms with Crippen LogP contribution in [0.4, 0.5) is 4.79 Å². The first-order valence-corrected chi connectivity index (χ1v) is 20.7. The second-order valence-electron chi connectivity index (χ2n) is 18.8. The van der Waals surface area contributed by atoms with E-state index in [-0.39, 0.29) is 78.2 Å². The smallest absolute Gasteiger partial charge is 0.407 e. The Hall–Kier alpha value is -1.58. The third-order valence-corrected chi connectivity index (χ3v) is 14.7. The number of carboxylic acid groups (broad SMARTS) is 1. The molecule has 6 aliphatic rings. The highest BCUT2D eigenvalue weighted by Gasteiger charge is 2.65. The SMILES string of the molecule is CO[C@@H]1C[C@@H](C[C@H]2CC[C@H](C)[C@H]([C@@H](C)C(=O)O)O2)O[C@]2(O[C@](C)([C@H]3CC[C@@](C)([C@@H]4O[C@@H]([C@H]5O[C@](CO)(OC(N)=O)[C@H](C)C[C@@H]5C)C[C@@H]4C)O3)C[C@H]2C)[C@@H]1C. The van der Waals surface area contributed by atoms with Gasteiger partial charge in [-0.2, -0.15) is 0 Å². The fourth-order valence-electron chi connectivity index (χ4n) is 11.6. The summed E-state index contributed by atoms with van der Waals surface area (Å²) in [5, 5.41) is 20.0. The minimum atomic E-state index is -1.50. The summed E-state index contributed by atoms with van der Waals surface area (Å²) >= 11 is 0. The maximum absolute atomic E-state index is 11.8. The summed E-state index contributed by atoms with van der Waals surface area (Å²) in [6.45, 7) is 18.2. The van der Waals surface area contributed by atoms with Gasteiger partial charge in [0.05, 0.1) is 66.0 Å². The van der Waals surface area contributed by atoms with E-state index >= 15 is 0 Å². The van der Waals surface area contributed by atoms with Gasteiger partial charge in [0.1, 0.15) is 6.61 Å². The standard InChI is InChI=1S/C41H69NO12/c1-21-11-12-28(48-33(21)26(6)36(44)45)17-29-18-30(47-10)27(7)41(50-29)25(5)19-39(9,54-41)32-13-14-38(8,51-32)35-23(3)16-31(49-35)34-22(2)15-24(4)40(20-43,52-34)53-37(42)46/h21-35,43H,11-20H2,1-10H3,(H2,42,46)(H,44,45)/t21-,22-,23-,24+,25+,26+,27+,28+,29+,30+,31+,32+,33+,34-,35+,38-,39-,40+,41+/m0/s1. The van der Waals surface area contributed by atoms with Crippen molar-refractivity contribution in [1.29, 1.82) is 0 Å². The third kappa shape index (κ3) is 7.58. The van der Waals surface area contributed by atoms with Crippen LogP contribution in [0.15, 0.2) is 0 Å². The number of amides is 1. The zero-order valence-electron chi connectivity index (χ0n) is 34.3. The van der Waals surface area contributed by atoms with Crippen LogP contribution in [0.25, 0.3) is 0 Å². The molecule has 19 atom stereocenters. The molecule has 0 radical (unpaired) electrons. The summed E-state index contributed by atoms with van der Waals surface area (Å²) in [5.41, 5.74) is 4.22. The van der Waals surface area contributed by atoms with Crippen molar-refractivity contribution in [3.63, 3.8) is 0 Å². The topological polar surface area (TPSA) is 174 Å². The lowest BCUT2D eigenvalue weighted by molar-refractivity contribution is -0.353. The first kappa shape index (κ1) is 42.0. The largest absolute Gasteiger partial charge is 0.481 e. The van der Waals surface area contributed by atoms with Gasteiger partial charge in [-0.25, -0.2) is 4.79 Å². The first-order valence-electron chi connectivity index (χ1n) is 20.7. The molecule has 0 saturated carbocycles. The predicted octanol–water partition coefficient (Wildman–Crippen LogP) is 5.81. The van der Waals surface area contributed by atoms with E-state index in [2.05, 4.69) is 48.5 Å². The van der Waals surface area contributed by atoms with Crippen LogP contribution in [0.2, 0.25) is 0 Å². The number of hydrogen-bond donors (Lipinski definition) is 3. The lowest BCUT2D eigenvalue weighted by Gasteiger charge is -2.50. The van der Waals surface area contributed by atoms with Gasteiger partial charge in [-0.3, -0.25) is 4.79 Å². The molecular weight excluding hydrogens is 698 g/mol. The Labute approximate surface area is 321 Å². The van der Waals surface area contributed by atoms with Gasteiger partial charge >= 0.3 is 12.1 Å². The molecule has 4 N–H and O–H groups in total. The summed E-state index contributed by atoms with van der Waals surface area (Å²) in [7, 11) is 1.76. The van der Waals surface area contributed by atoms with Crippen molar-refractivity contribution in [1.82, 2.24) is 0 Å². The molecule has 6 fully saturated rings. The Morgan fingerprint density at radius 1 is 0.870 bits per heavy atom. The minimum absolute atomic E-state index is 0.0285. The molecule has 6 saturated heterocycles. The predicted molar refractivity (Wildman–Crippen MR) is 197 cm³/mol. The van der Waals surface area contributed by atoms with Crippen molar-refractivity contribution in [2.24, 2.45) is 47.2 Å². The van der Waals surface area contributed by atoms with Crippen LogP contribution in [-0.4, -0.2) is 108 Å². The van der Waals surface area contributed by atoms with Gasteiger partial charge in [-0.1, -0.05) is 41.5 Å². The molecular formula is C41H69NO12. The van der Waals surface area contributed by atoms with Gasteiger partial charge < -0.3 is 53.8 Å². The molecule has 1 amide bonds. The average Bonchev–Trinajstić information content (AvgIpc) is 3.78. The van der Waals surface area contributed by atoms with Crippen molar-refractivity contribution in [3.8, 4) is 0 Å². The summed E-state index contributed by atoms with van der Waals surface area (Å²) in [6.07, 6.45) is 4.27. The molecule has 0 aromatic carbocycles. The molecule has 6 rings (SSSR count). The van der Waals surface area contributed by atoms with Gasteiger partial charge in [0.2, 0.25) is 5.79 Å². The number of ether oxygens (including phenoxy) is 8. The van der Waals surface area contributed by atoms with Gasteiger partial charge in [-0.05, 0) is 83.5 Å². The van der Waals surface area contributed by atoms with Gasteiger partial charge in [-0.15, -0.1) is 0 Å². The van der Waals surface area contributed by atoms with E-state index in [9.17, 15) is 19.8 Å². The summed E-state index contributed by atoms with van der Waals surface area (Å²) in [4.78, 5) is 23.7. The monoisotopic (exact) mass is 767 g/mol. The first-order chi connectivity index (χ1) is 25.3. The minimum Gasteiger partial charge on any atom is -0.481 e. The number of carbonyl (C=O) groups is 2. The zero-order valence-corrected chi connectivity index (χ0v) is 34.3. The van der Waals surface area contributed by atoms with Crippen LogP contribution in [-0.2, 0) is 42.7 Å². The lowest BCUT2D eigenvalue weighted by atomic mass is 9.78. The number of hydrogen-bond acceptors (Lipinski definition) is 11. The number of aliphatic hydroxyl groups excluding tert-OH is 1. The highest BCUT2D eigenvalue weighted by molar-refractivity contribution is 5.70. The van der Waals surface area contributed by atoms with E-state index in [0.29, 0.717) is 19.3 Å². The molecule has 0 aliphatic carbocycles. The van der Waals surface area contributed by atoms with Crippen LogP contribution >= 0.6 is 0 Å². The molecule has 13 nitrogen and oxygen atoms in total. The van der Waals surface area contributed by atoms with Crippen molar-refractivity contribution < 1.29 is 57.7 Å². The Morgan fingerprint density at radius 2 is 1.59 bits per heavy atom. The van der Waals surface area contributed by atoms with E-state index in [1.165, 1.54) is 0 Å². The molecule has 0 aromatic rings. The Balaban J connectivity index is 1.14. The highest BCUT2D eigenvalue weighted by atomic mass is 16.7. The number of primary amides is 1. The lowest BCUT2D eigenvalue weighted by Crippen LogP contribution is -2.58. The molecule has 310 valence electrons. The molecule has 6 aliphatic heterocycles. The van der Waals surface area contributed by atoms with Crippen LogP contribution in [0.3, 0.4) is 0 Å². The van der Waals surface area contributed by atoms with E-state index < -0.39 is 53.5 Å². The number of carbonyl (C=O) groups excluding carboxylic acids is 1.